The highest BCUT2D eigenvalue weighted by atomic mass is 16.4. The SMILES string of the molecule is Cc1cnn(CCNC(=O)N[C@@H](CC(=O)O)C(=O)O)c1. The van der Waals surface area contributed by atoms with E-state index in [0.717, 1.165) is 5.56 Å². The Morgan fingerprint density at radius 1 is 1.40 bits per heavy atom. The van der Waals surface area contributed by atoms with E-state index in [0.29, 0.717) is 6.54 Å². The van der Waals surface area contributed by atoms with Gasteiger partial charge in [-0.25, -0.2) is 9.59 Å². The van der Waals surface area contributed by atoms with Crippen LogP contribution in [0.1, 0.15) is 12.0 Å². The van der Waals surface area contributed by atoms with Gasteiger partial charge in [0.05, 0.1) is 19.2 Å². The molecule has 0 aliphatic heterocycles. The molecule has 4 N–H and O–H groups in total. The van der Waals surface area contributed by atoms with Crippen LogP contribution in [0.5, 0.6) is 0 Å². The smallest absolute Gasteiger partial charge is 0.326 e. The Labute approximate surface area is 114 Å². The highest BCUT2D eigenvalue weighted by Gasteiger charge is 2.22. The second kappa shape index (κ2) is 7.12. The molecule has 0 unspecified atom stereocenters. The molecule has 0 aliphatic carbocycles. The van der Waals surface area contributed by atoms with Gasteiger partial charge in [0.1, 0.15) is 6.04 Å². The molecule has 0 fully saturated rings. The molecule has 1 atom stereocenters. The van der Waals surface area contributed by atoms with E-state index >= 15 is 0 Å². The van der Waals surface area contributed by atoms with Crippen molar-refractivity contribution < 1.29 is 24.6 Å². The minimum atomic E-state index is -1.46. The van der Waals surface area contributed by atoms with Crippen LogP contribution in [-0.4, -0.2) is 50.5 Å². The fourth-order valence-corrected chi connectivity index (χ4v) is 1.46. The molecule has 0 saturated carbocycles. The Kier molecular flexibility index (Phi) is 5.51. The summed E-state index contributed by atoms with van der Waals surface area (Å²) in [7, 11) is 0. The fourth-order valence-electron chi connectivity index (χ4n) is 1.46. The molecule has 110 valence electrons. The van der Waals surface area contributed by atoms with Gasteiger partial charge < -0.3 is 20.8 Å². The van der Waals surface area contributed by atoms with Crippen LogP contribution in [-0.2, 0) is 16.1 Å². The first-order chi connectivity index (χ1) is 9.38. The van der Waals surface area contributed by atoms with Crippen LogP contribution >= 0.6 is 0 Å². The van der Waals surface area contributed by atoms with Gasteiger partial charge in [0, 0.05) is 12.7 Å². The topological polar surface area (TPSA) is 134 Å². The molecule has 20 heavy (non-hydrogen) atoms. The molecular weight excluding hydrogens is 268 g/mol. The number of nitrogens with one attached hydrogen (secondary N) is 2. The van der Waals surface area contributed by atoms with Crippen molar-refractivity contribution in [3.05, 3.63) is 18.0 Å². The van der Waals surface area contributed by atoms with Gasteiger partial charge in [-0.2, -0.15) is 5.10 Å². The minimum absolute atomic E-state index is 0.242. The average molecular weight is 284 g/mol. The molecule has 1 heterocycles. The summed E-state index contributed by atoms with van der Waals surface area (Å²) < 4.78 is 1.63. The first-order valence-corrected chi connectivity index (χ1v) is 5.86. The van der Waals surface area contributed by atoms with Crippen LogP contribution in [0.25, 0.3) is 0 Å². The molecule has 1 aromatic rings. The Balaban J connectivity index is 2.34. The summed E-state index contributed by atoms with van der Waals surface area (Å²) in [5.74, 6) is -2.70. The van der Waals surface area contributed by atoms with Gasteiger partial charge in [0.15, 0.2) is 0 Å². The number of carbonyl (C=O) groups excluding carboxylic acids is 1. The second-order valence-electron chi connectivity index (χ2n) is 4.17. The van der Waals surface area contributed by atoms with Gasteiger partial charge in [-0.15, -0.1) is 0 Å². The first kappa shape index (κ1) is 15.5. The molecule has 0 aliphatic rings. The third-order valence-electron chi connectivity index (χ3n) is 2.37. The van der Waals surface area contributed by atoms with Gasteiger partial charge in [-0.05, 0) is 12.5 Å². The summed E-state index contributed by atoms with van der Waals surface area (Å²) in [6.07, 6.45) is 2.79. The number of rotatable bonds is 7. The van der Waals surface area contributed by atoms with Crippen LogP contribution in [0.2, 0.25) is 0 Å². The molecule has 0 bridgehead atoms. The highest BCUT2D eigenvalue weighted by molar-refractivity contribution is 5.86. The Morgan fingerprint density at radius 3 is 2.60 bits per heavy atom. The summed E-state index contributed by atoms with van der Waals surface area (Å²) >= 11 is 0. The molecular formula is C11H16N4O5. The van der Waals surface area contributed by atoms with Crippen LogP contribution in [0.4, 0.5) is 4.79 Å². The van der Waals surface area contributed by atoms with Gasteiger partial charge >= 0.3 is 18.0 Å². The minimum Gasteiger partial charge on any atom is -0.481 e. The fraction of sp³-hybridized carbons (Fsp3) is 0.455. The van der Waals surface area contributed by atoms with E-state index in [4.69, 9.17) is 10.2 Å². The first-order valence-electron chi connectivity index (χ1n) is 5.86. The summed E-state index contributed by atoms with van der Waals surface area (Å²) in [5.41, 5.74) is 0.988. The molecule has 1 rings (SSSR count). The number of nitrogens with zero attached hydrogens (tertiary/aromatic N) is 2. The number of hydrogen-bond acceptors (Lipinski definition) is 4. The van der Waals surface area contributed by atoms with Crippen LogP contribution in [0.15, 0.2) is 12.4 Å². The van der Waals surface area contributed by atoms with E-state index in [1.165, 1.54) is 0 Å². The lowest BCUT2D eigenvalue weighted by molar-refractivity contribution is -0.145. The summed E-state index contributed by atoms with van der Waals surface area (Å²) in [4.78, 5) is 32.6. The van der Waals surface area contributed by atoms with Gasteiger partial charge in [0.2, 0.25) is 0 Å². The van der Waals surface area contributed by atoms with Crippen molar-refractivity contribution in [3.8, 4) is 0 Å². The number of carbonyl (C=O) groups is 3. The van der Waals surface area contributed by atoms with E-state index in [1.54, 1.807) is 17.1 Å². The molecule has 2 amide bonds. The Hall–Kier alpha value is -2.58. The monoisotopic (exact) mass is 284 g/mol. The van der Waals surface area contributed by atoms with Crippen molar-refractivity contribution in [3.63, 3.8) is 0 Å². The predicted octanol–water partition coefficient (Wildman–Crippen LogP) is -0.581. The van der Waals surface area contributed by atoms with E-state index in [2.05, 4.69) is 15.7 Å². The third kappa shape index (κ3) is 5.38. The number of carboxylic acid groups (broad SMARTS) is 2. The molecule has 0 radical (unpaired) electrons. The average Bonchev–Trinajstić information content (AvgIpc) is 2.73. The standard InChI is InChI=1S/C11H16N4O5/c1-7-5-13-15(6-7)3-2-12-11(20)14-8(10(18)19)4-9(16)17/h5-6,8H,2-4H2,1H3,(H,16,17)(H,18,19)(H2,12,14,20)/t8-/m0/s1. The lowest BCUT2D eigenvalue weighted by atomic mass is 10.2. The zero-order valence-corrected chi connectivity index (χ0v) is 10.9. The van der Waals surface area contributed by atoms with E-state index in [9.17, 15) is 14.4 Å². The largest absolute Gasteiger partial charge is 0.481 e. The maximum atomic E-state index is 11.4. The third-order valence-corrected chi connectivity index (χ3v) is 2.37. The normalized spacial score (nSPS) is 11.7. The lowest BCUT2D eigenvalue weighted by Crippen LogP contribution is -2.47. The molecule has 1 aromatic heterocycles. The van der Waals surface area contributed by atoms with Gasteiger partial charge in [-0.3, -0.25) is 9.48 Å². The summed E-state index contributed by atoms with van der Waals surface area (Å²) in [6.45, 7) is 2.55. The second-order valence-corrected chi connectivity index (χ2v) is 4.17. The zero-order chi connectivity index (χ0) is 15.1. The zero-order valence-electron chi connectivity index (χ0n) is 10.9. The number of hydrogen-bond donors (Lipinski definition) is 4. The van der Waals surface area contributed by atoms with Crippen molar-refractivity contribution in [2.45, 2.75) is 25.9 Å². The van der Waals surface area contributed by atoms with Gasteiger partial charge in [0.25, 0.3) is 0 Å². The van der Waals surface area contributed by atoms with Crippen molar-refractivity contribution in [1.29, 1.82) is 0 Å². The quantitative estimate of drug-likeness (QED) is 0.529. The number of amides is 2. The van der Waals surface area contributed by atoms with Crippen molar-refractivity contribution in [2.75, 3.05) is 6.54 Å². The van der Waals surface area contributed by atoms with Crippen LogP contribution in [0.3, 0.4) is 0 Å². The summed E-state index contributed by atoms with van der Waals surface area (Å²) in [6, 6.07) is -2.19. The van der Waals surface area contributed by atoms with Gasteiger partial charge in [-0.1, -0.05) is 0 Å². The number of aryl methyl sites for hydroxylation is 1. The Bertz CT molecular complexity index is 499. The molecule has 0 spiro atoms. The number of urea groups is 1. The van der Waals surface area contributed by atoms with E-state index < -0.39 is 30.4 Å². The highest BCUT2D eigenvalue weighted by Crippen LogP contribution is 1.94. The summed E-state index contributed by atoms with van der Waals surface area (Å²) in [5, 5.41) is 25.8. The van der Waals surface area contributed by atoms with Crippen molar-refractivity contribution in [2.24, 2.45) is 0 Å². The molecule has 9 heteroatoms. The van der Waals surface area contributed by atoms with Crippen molar-refractivity contribution in [1.82, 2.24) is 20.4 Å². The van der Waals surface area contributed by atoms with Crippen LogP contribution < -0.4 is 10.6 Å². The molecule has 0 saturated heterocycles. The lowest BCUT2D eigenvalue weighted by Gasteiger charge is -2.13. The van der Waals surface area contributed by atoms with E-state index in [1.807, 2.05) is 6.92 Å². The van der Waals surface area contributed by atoms with Crippen molar-refractivity contribution >= 4 is 18.0 Å². The maximum absolute atomic E-state index is 11.4. The predicted molar refractivity (Wildman–Crippen MR) is 67.2 cm³/mol. The number of carboxylic acids is 2. The number of aromatic nitrogens is 2. The van der Waals surface area contributed by atoms with Crippen LogP contribution in [0, 0.1) is 6.92 Å². The number of aliphatic carboxylic acids is 2. The molecule has 9 nitrogen and oxygen atoms in total. The van der Waals surface area contributed by atoms with E-state index in [-0.39, 0.29) is 6.54 Å². The molecule has 0 aromatic carbocycles. The Morgan fingerprint density at radius 2 is 2.10 bits per heavy atom. The maximum Gasteiger partial charge on any atom is 0.326 e.